The Balaban J connectivity index is 2.35. The summed E-state index contributed by atoms with van der Waals surface area (Å²) in [5.74, 6) is -3.10. The van der Waals surface area contributed by atoms with Gasteiger partial charge in [0.1, 0.15) is 12.6 Å². The maximum Gasteiger partial charge on any atom is 0.328 e. The smallest absolute Gasteiger partial charge is 0.328 e. The van der Waals surface area contributed by atoms with E-state index in [4.69, 9.17) is 5.11 Å². The van der Waals surface area contributed by atoms with Crippen molar-refractivity contribution in [2.75, 3.05) is 13.1 Å². The quantitative estimate of drug-likeness (QED) is 0.499. The average Bonchev–Trinajstić information content (AvgIpc) is 2.36. The molecule has 1 aromatic rings. The number of carboxylic acid groups (broad SMARTS) is 1. The van der Waals surface area contributed by atoms with Crippen molar-refractivity contribution in [3.63, 3.8) is 0 Å². The number of amides is 2. The molecule has 0 radical (unpaired) electrons. The normalized spacial score (nSPS) is 18.5. The fourth-order valence-electron chi connectivity index (χ4n) is 1.89. The monoisotopic (exact) mass is 281 g/mol. The number of aromatic amines is 1. The Labute approximate surface area is 111 Å². The predicted octanol–water partition coefficient (Wildman–Crippen LogP) is -1.89. The summed E-state index contributed by atoms with van der Waals surface area (Å²) in [6.45, 7) is -0.640. The Kier molecular flexibility index (Phi) is 3.42. The van der Waals surface area contributed by atoms with Gasteiger partial charge in [-0.25, -0.2) is 4.79 Å². The minimum atomic E-state index is -1.27. The summed E-state index contributed by atoms with van der Waals surface area (Å²) in [7, 11) is 0. The highest BCUT2D eigenvalue weighted by atomic mass is 16.4. The maximum atomic E-state index is 12.2. The molecular weight excluding hydrogens is 270 g/mol. The van der Waals surface area contributed by atoms with E-state index in [0.717, 1.165) is 17.0 Å². The topological polar surface area (TPSA) is 140 Å². The van der Waals surface area contributed by atoms with Gasteiger partial charge in [0, 0.05) is 18.7 Å². The molecule has 2 rings (SSSR count). The van der Waals surface area contributed by atoms with Crippen LogP contribution in [0.25, 0.3) is 0 Å². The lowest BCUT2D eigenvalue weighted by Crippen LogP contribution is -2.59. The Morgan fingerprint density at radius 1 is 1.30 bits per heavy atom. The summed E-state index contributed by atoms with van der Waals surface area (Å²) in [5.41, 5.74) is -0.895. The van der Waals surface area contributed by atoms with Crippen LogP contribution in [-0.4, -0.2) is 57.0 Å². The number of aliphatic carboxylic acids is 1. The van der Waals surface area contributed by atoms with Gasteiger partial charge in [-0.05, 0) is 0 Å². The van der Waals surface area contributed by atoms with E-state index in [1.54, 1.807) is 0 Å². The van der Waals surface area contributed by atoms with E-state index >= 15 is 0 Å². The number of carbonyl (C=O) groups excluding carboxylic acids is 2. The van der Waals surface area contributed by atoms with Gasteiger partial charge in [-0.15, -0.1) is 0 Å². The summed E-state index contributed by atoms with van der Waals surface area (Å²) >= 11 is 0. The molecule has 0 spiro atoms. The van der Waals surface area contributed by atoms with Crippen molar-refractivity contribution >= 4 is 17.8 Å². The van der Waals surface area contributed by atoms with E-state index in [1.807, 2.05) is 4.98 Å². The number of nitrogens with zero attached hydrogens (tertiary/aromatic N) is 1. The highest BCUT2D eigenvalue weighted by molar-refractivity contribution is 6.00. The van der Waals surface area contributed by atoms with E-state index in [1.165, 1.54) is 0 Å². The van der Waals surface area contributed by atoms with Crippen molar-refractivity contribution in [1.29, 1.82) is 0 Å². The van der Waals surface area contributed by atoms with E-state index in [0.29, 0.717) is 0 Å². The molecule has 1 unspecified atom stereocenters. The molecule has 1 aliphatic heterocycles. The molecule has 0 bridgehead atoms. The van der Waals surface area contributed by atoms with Crippen LogP contribution >= 0.6 is 0 Å². The van der Waals surface area contributed by atoms with Crippen LogP contribution in [0.1, 0.15) is 10.4 Å². The summed E-state index contributed by atoms with van der Waals surface area (Å²) in [4.78, 5) is 48.6. The SMILES string of the molecule is O=C1CN(C(=O)c2cc(O)[nH]c(=O)c2)C(C(=O)O)CN1. The molecule has 1 saturated heterocycles. The molecule has 1 aliphatic rings. The van der Waals surface area contributed by atoms with Gasteiger partial charge < -0.3 is 20.4 Å². The van der Waals surface area contributed by atoms with Crippen LogP contribution in [0.5, 0.6) is 5.88 Å². The number of H-pyrrole nitrogens is 1. The number of hydrogen-bond acceptors (Lipinski definition) is 5. The molecule has 9 heteroatoms. The standard InChI is InChI=1S/C11H11N3O6/c15-7-1-5(2-8(16)13-7)10(18)14-4-9(17)12-3-6(14)11(19)20/h1-2,6H,3-4H2,(H,12,17)(H,19,20)(H2,13,15,16). The summed E-state index contributed by atoms with van der Waals surface area (Å²) in [6, 6.07) is 0.699. The molecular formula is C11H11N3O6. The molecule has 0 aliphatic carbocycles. The third-order valence-corrected chi connectivity index (χ3v) is 2.81. The molecule has 0 saturated carbocycles. The minimum absolute atomic E-state index is 0.188. The van der Waals surface area contributed by atoms with Crippen molar-refractivity contribution in [3.05, 3.63) is 28.0 Å². The number of pyridine rings is 1. The molecule has 2 heterocycles. The average molecular weight is 281 g/mol. The van der Waals surface area contributed by atoms with Gasteiger partial charge in [0.15, 0.2) is 5.88 Å². The highest BCUT2D eigenvalue weighted by Crippen LogP contribution is 2.12. The first kappa shape index (κ1) is 13.6. The Morgan fingerprint density at radius 2 is 2.00 bits per heavy atom. The minimum Gasteiger partial charge on any atom is -0.494 e. The number of aromatic hydroxyl groups is 1. The van der Waals surface area contributed by atoms with Crippen molar-refractivity contribution < 1.29 is 24.6 Å². The maximum absolute atomic E-state index is 12.2. The molecule has 0 aromatic carbocycles. The van der Waals surface area contributed by atoms with Crippen LogP contribution in [0.2, 0.25) is 0 Å². The fraction of sp³-hybridized carbons (Fsp3) is 0.273. The van der Waals surface area contributed by atoms with Crippen molar-refractivity contribution in [3.8, 4) is 5.88 Å². The van der Waals surface area contributed by atoms with E-state index in [9.17, 15) is 24.3 Å². The molecule has 9 nitrogen and oxygen atoms in total. The molecule has 4 N–H and O–H groups in total. The number of nitrogens with one attached hydrogen (secondary N) is 2. The zero-order valence-electron chi connectivity index (χ0n) is 10.1. The highest BCUT2D eigenvalue weighted by Gasteiger charge is 2.35. The van der Waals surface area contributed by atoms with Gasteiger partial charge in [0.2, 0.25) is 5.91 Å². The summed E-state index contributed by atoms with van der Waals surface area (Å²) in [6.07, 6.45) is 0. The second-order valence-electron chi connectivity index (χ2n) is 4.21. The first-order valence-corrected chi connectivity index (χ1v) is 5.62. The Hall–Kier alpha value is -2.84. The van der Waals surface area contributed by atoms with Gasteiger partial charge in [-0.2, -0.15) is 0 Å². The largest absolute Gasteiger partial charge is 0.494 e. The van der Waals surface area contributed by atoms with Crippen LogP contribution in [0, 0.1) is 0 Å². The zero-order valence-corrected chi connectivity index (χ0v) is 10.1. The third kappa shape index (κ3) is 2.60. The molecule has 2 amide bonds. The van der Waals surface area contributed by atoms with Crippen molar-refractivity contribution in [2.24, 2.45) is 0 Å². The van der Waals surface area contributed by atoms with E-state index in [2.05, 4.69) is 5.32 Å². The van der Waals surface area contributed by atoms with Crippen LogP contribution in [0.15, 0.2) is 16.9 Å². The Bertz CT molecular complexity index is 637. The van der Waals surface area contributed by atoms with E-state index in [-0.39, 0.29) is 12.1 Å². The van der Waals surface area contributed by atoms with Crippen LogP contribution < -0.4 is 10.9 Å². The summed E-state index contributed by atoms with van der Waals surface area (Å²) in [5, 5.41) is 20.6. The zero-order chi connectivity index (χ0) is 14.9. The lowest BCUT2D eigenvalue weighted by atomic mass is 10.1. The van der Waals surface area contributed by atoms with E-state index < -0.39 is 41.8 Å². The molecule has 1 aromatic heterocycles. The first-order chi connectivity index (χ1) is 9.38. The third-order valence-electron chi connectivity index (χ3n) is 2.81. The van der Waals surface area contributed by atoms with Gasteiger partial charge in [-0.1, -0.05) is 0 Å². The lowest BCUT2D eigenvalue weighted by Gasteiger charge is -2.32. The number of hydrogen-bond donors (Lipinski definition) is 4. The first-order valence-electron chi connectivity index (χ1n) is 5.62. The van der Waals surface area contributed by atoms with Gasteiger partial charge in [0.05, 0.1) is 5.56 Å². The molecule has 1 fully saturated rings. The van der Waals surface area contributed by atoms with Gasteiger partial charge >= 0.3 is 5.97 Å². The number of rotatable bonds is 2. The van der Waals surface area contributed by atoms with Crippen molar-refractivity contribution in [2.45, 2.75) is 6.04 Å². The van der Waals surface area contributed by atoms with Crippen molar-refractivity contribution in [1.82, 2.24) is 15.2 Å². The van der Waals surface area contributed by atoms with Crippen LogP contribution in [0.4, 0.5) is 0 Å². The second kappa shape index (κ2) is 5.03. The summed E-state index contributed by atoms with van der Waals surface area (Å²) < 4.78 is 0. The van der Waals surface area contributed by atoms with Crippen LogP contribution in [-0.2, 0) is 9.59 Å². The molecule has 20 heavy (non-hydrogen) atoms. The number of carboxylic acids is 1. The molecule has 106 valence electrons. The molecule has 1 atom stereocenters. The fourth-order valence-corrected chi connectivity index (χ4v) is 1.89. The lowest BCUT2D eigenvalue weighted by molar-refractivity contribution is -0.144. The number of piperazine rings is 1. The van der Waals surface area contributed by atoms with Crippen LogP contribution in [0.3, 0.4) is 0 Å². The number of aromatic nitrogens is 1. The predicted molar refractivity (Wildman–Crippen MR) is 64.2 cm³/mol. The van der Waals surface area contributed by atoms with Gasteiger partial charge in [0.25, 0.3) is 11.5 Å². The second-order valence-corrected chi connectivity index (χ2v) is 4.21. The number of carbonyl (C=O) groups is 3. The van der Waals surface area contributed by atoms with Gasteiger partial charge in [-0.3, -0.25) is 19.4 Å². The Morgan fingerprint density at radius 3 is 2.60 bits per heavy atom.